The van der Waals surface area contributed by atoms with Gasteiger partial charge in [-0.2, -0.15) is 0 Å². The normalized spacial score (nSPS) is 11.4. The molecule has 4 heteroatoms. The fourth-order valence-corrected chi connectivity index (χ4v) is 2.21. The molecule has 0 radical (unpaired) electrons. The lowest BCUT2D eigenvalue weighted by atomic mass is 9.92. The number of rotatable bonds is 3. The van der Waals surface area contributed by atoms with Gasteiger partial charge >= 0.3 is 0 Å². The lowest BCUT2D eigenvalue weighted by Gasteiger charge is -2.18. The average Bonchev–Trinajstić information content (AvgIpc) is 2.36. The zero-order valence-electron chi connectivity index (χ0n) is 12.3. The highest BCUT2D eigenvalue weighted by molar-refractivity contribution is 9.10. The van der Waals surface area contributed by atoms with Gasteiger partial charge in [0.25, 0.3) is 0 Å². The van der Waals surface area contributed by atoms with Crippen LogP contribution in [0.5, 0.6) is 5.75 Å². The molecule has 3 nitrogen and oxygen atoms in total. The van der Waals surface area contributed by atoms with Gasteiger partial charge in [0.1, 0.15) is 11.2 Å². The summed E-state index contributed by atoms with van der Waals surface area (Å²) in [5.41, 5.74) is 3.15. The molecule has 0 N–H and O–H groups in total. The number of aromatic nitrogens is 2. The molecule has 0 saturated heterocycles. The van der Waals surface area contributed by atoms with Gasteiger partial charge in [0.05, 0.1) is 5.69 Å². The summed E-state index contributed by atoms with van der Waals surface area (Å²) < 4.78 is 6.51. The Labute approximate surface area is 128 Å². The molecule has 0 atom stereocenters. The number of aryl methyl sites for hydroxylation is 1. The first-order valence-electron chi connectivity index (χ1n) is 6.57. The molecule has 2 rings (SSSR count). The van der Waals surface area contributed by atoms with Crippen molar-refractivity contribution in [3.63, 3.8) is 0 Å². The fraction of sp³-hybridized carbons (Fsp3) is 0.375. The van der Waals surface area contributed by atoms with E-state index in [2.05, 4.69) is 46.7 Å². The van der Waals surface area contributed by atoms with Crippen LogP contribution in [0.15, 0.2) is 35.1 Å². The van der Waals surface area contributed by atoms with Crippen molar-refractivity contribution in [2.75, 3.05) is 0 Å². The summed E-state index contributed by atoms with van der Waals surface area (Å²) in [5, 5.41) is 0. The second kappa shape index (κ2) is 5.92. The van der Waals surface area contributed by atoms with Crippen LogP contribution < -0.4 is 4.74 Å². The Balaban J connectivity index is 2.11. The van der Waals surface area contributed by atoms with Gasteiger partial charge in [0.15, 0.2) is 5.75 Å². The lowest BCUT2D eigenvalue weighted by Crippen LogP contribution is -2.13. The predicted octanol–water partition coefficient (Wildman–Crippen LogP) is 4.42. The number of hydrogen-bond donors (Lipinski definition) is 0. The minimum atomic E-state index is 0.0269. The monoisotopic (exact) mass is 334 g/mol. The first kappa shape index (κ1) is 15.0. The third-order valence-corrected chi connectivity index (χ3v) is 3.50. The number of halogens is 1. The van der Waals surface area contributed by atoms with Gasteiger partial charge < -0.3 is 4.74 Å². The fourth-order valence-electron chi connectivity index (χ4n) is 1.78. The maximum Gasteiger partial charge on any atom is 0.152 e. The third-order valence-electron chi connectivity index (χ3n) is 2.93. The summed E-state index contributed by atoms with van der Waals surface area (Å²) in [4.78, 5) is 8.83. The molecule has 2 aromatic rings. The molecular weight excluding hydrogens is 316 g/mol. The van der Waals surface area contributed by atoms with Gasteiger partial charge in [0, 0.05) is 17.3 Å². The Bertz CT molecular complexity index is 606. The molecule has 0 spiro atoms. The molecule has 0 aromatic carbocycles. The van der Waals surface area contributed by atoms with E-state index < -0.39 is 0 Å². The molecule has 0 saturated carbocycles. The van der Waals surface area contributed by atoms with E-state index >= 15 is 0 Å². The molecule has 0 fully saturated rings. The van der Waals surface area contributed by atoms with Crippen LogP contribution in [-0.2, 0) is 12.0 Å². The van der Waals surface area contributed by atoms with Crippen molar-refractivity contribution in [3.05, 3.63) is 52.0 Å². The summed E-state index contributed by atoms with van der Waals surface area (Å²) >= 11 is 3.47. The number of pyridine rings is 2. The lowest BCUT2D eigenvalue weighted by molar-refractivity contribution is 0.297. The van der Waals surface area contributed by atoms with E-state index in [9.17, 15) is 0 Å². The molecule has 0 aliphatic rings. The first-order chi connectivity index (χ1) is 9.36. The standard InChI is InChI=1S/C16H19BrN2O/c1-11-7-8-18-12(9-11)10-20-13-5-6-14(16(2,3)4)19-15(13)17/h5-9H,10H2,1-4H3. The van der Waals surface area contributed by atoms with Crippen LogP contribution in [0, 0.1) is 6.92 Å². The van der Waals surface area contributed by atoms with Crippen LogP contribution in [-0.4, -0.2) is 9.97 Å². The summed E-state index contributed by atoms with van der Waals surface area (Å²) in [6, 6.07) is 7.95. The second-order valence-electron chi connectivity index (χ2n) is 5.85. The molecule has 20 heavy (non-hydrogen) atoms. The maximum absolute atomic E-state index is 5.77. The summed E-state index contributed by atoms with van der Waals surface area (Å²) in [6.07, 6.45) is 1.80. The summed E-state index contributed by atoms with van der Waals surface area (Å²) in [6.45, 7) is 8.90. The molecule has 2 heterocycles. The average molecular weight is 335 g/mol. The highest BCUT2D eigenvalue weighted by Gasteiger charge is 2.17. The van der Waals surface area contributed by atoms with Gasteiger partial charge in [0.2, 0.25) is 0 Å². The van der Waals surface area contributed by atoms with Crippen molar-refractivity contribution in [3.8, 4) is 5.75 Å². The maximum atomic E-state index is 5.77. The number of ether oxygens (including phenoxy) is 1. The molecule has 0 unspecified atom stereocenters. The third kappa shape index (κ3) is 3.79. The molecule has 106 valence electrons. The van der Waals surface area contributed by atoms with Crippen molar-refractivity contribution < 1.29 is 4.74 Å². The van der Waals surface area contributed by atoms with Crippen LogP contribution in [0.4, 0.5) is 0 Å². The summed E-state index contributed by atoms with van der Waals surface area (Å²) in [5.74, 6) is 0.737. The van der Waals surface area contributed by atoms with Crippen LogP contribution in [0.25, 0.3) is 0 Å². The summed E-state index contributed by atoms with van der Waals surface area (Å²) in [7, 11) is 0. The SMILES string of the molecule is Cc1ccnc(COc2ccc(C(C)(C)C)nc2Br)c1. The van der Waals surface area contributed by atoms with E-state index in [1.165, 1.54) is 5.56 Å². The smallest absolute Gasteiger partial charge is 0.152 e. The number of hydrogen-bond acceptors (Lipinski definition) is 3. The van der Waals surface area contributed by atoms with Gasteiger partial charge in [-0.15, -0.1) is 0 Å². The minimum absolute atomic E-state index is 0.0269. The van der Waals surface area contributed by atoms with Crippen molar-refractivity contribution in [2.24, 2.45) is 0 Å². The largest absolute Gasteiger partial charge is 0.484 e. The zero-order chi connectivity index (χ0) is 14.8. The molecule has 0 aliphatic carbocycles. The Hall–Kier alpha value is -1.42. The van der Waals surface area contributed by atoms with Crippen molar-refractivity contribution in [1.29, 1.82) is 0 Å². The van der Waals surface area contributed by atoms with Crippen molar-refractivity contribution in [1.82, 2.24) is 9.97 Å². The minimum Gasteiger partial charge on any atom is -0.484 e. The van der Waals surface area contributed by atoms with E-state index in [0.717, 1.165) is 21.7 Å². The van der Waals surface area contributed by atoms with Crippen molar-refractivity contribution in [2.45, 2.75) is 39.7 Å². The molecular formula is C16H19BrN2O. The molecule has 0 amide bonds. The molecule has 0 aliphatic heterocycles. The van der Waals surface area contributed by atoms with Crippen LogP contribution >= 0.6 is 15.9 Å². The van der Waals surface area contributed by atoms with E-state index in [-0.39, 0.29) is 5.41 Å². The van der Waals surface area contributed by atoms with Gasteiger partial charge in [-0.1, -0.05) is 20.8 Å². The quantitative estimate of drug-likeness (QED) is 0.779. The van der Waals surface area contributed by atoms with Crippen LogP contribution in [0.3, 0.4) is 0 Å². The number of nitrogens with zero attached hydrogens (tertiary/aromatic N) is 2. The Morgan fingerprint density at radius 2 is 1.95 bits per heavy atom. The topological polar surface area (TPSA) is 35.0 Å². The second-order valence-corrected chi connectivity index (χ2v) is 6.60. The Morgan fingerprint density at radius 1 is 1.20 bits per heavy atom. The Morgan fingerprint density at radius 3 is 2.55 bits per heavy atom. The predicted molar refractivity (Wildman–Crippen MR) is 83.9 cm³/mol. The van der Waals surface area contributed by atoms with Crippen molar-refractivity contribution >= 4 is 15.9 Å². The van der Waals surface area contributed by atoms with E-state index in [0.29, 0.717) is 6.61 Å². The Kier molecular flexibility index (Phi) is 4.43. The van der Waals surface area contributed by atoms with Gasteiger partial charge in [-0.25, -0.2) is 4.98 Å². The van der Waals surface area contributed by atoms with Gasteiger partial charge in [-0.3, -0.25) is 4.98 Å². The van der Waals surface area contributed by atoms with E-state index in [1.54, 1.807) is 6.20 Å². The molecule has 0 bridgehead atoms. The molecule has 2 aromatic heterocycles. The van der Waals surface area contributed by atoms with Crippen LogP contribution in [0.1, 0.15) is 37.7 Å². The highest BCUT2D eigenvalue weighted by Crippen LogP contribution is 2.28. The first-order valence-corrected chi connectivity index (χ1v) is 7.37. The highest BCUT2D eigenvalue weighted by atomic mass is 79.9. The zero-order valence-corrected chi connectivity index (χ0v) is 13.9. The van der Waals surface area contributed by atoms with Crippen LogP contribution in [0.2, 0.25) is 0 Å². The van der Waals surface area contributed by atoms with E-state index in [4.69, 9.17) is 4.74 Å². The van der Waals surface area contributed by atoms with Gasteiger partial charge in [-0.05, 0) is 52.7 Å². The van der Waals surface area contributed by atoms with E-state index in [1.807, 2.05) is 31.2 Å².